The highest BCUT2D eigenvalue weighted by Gasteiger charge is 2.10. The molecule has 94 valence electrons. The summed E-state index contributed by atoms with van der Waals surface area (Å²) in [6.07, 6.45) is 0. The standard InChI is InChI=1S/C12H17FN2O2/c1-3-15-8(2)10-5-4-9(6-11(10)13)17-7-12(14)16/h4-6,8,15H,3,7H2,1-2H3,(H2,14,16). The fraction of sp³-hybridized carbons (Fsp3) is 0.417. The molecule has 0 aliphatic carbocycles. The summed E-state index contributed by atoms with van der Waals surface area (Å²) in [5.41, 5.74) is 5.50. The topological polar surface area (TPSA) is 64.3 Å². The van der Waals surface area contributed by atoms with Crippen LogP contribution in [0.2, 0.25) is 0 Å². The molecule has 3 N–H and O–H groups in total. The maximum absolute atomic E-state index is 13.7. The van der Waals surface area contributed by atoms with E-state index in [4.69, 9.17) is 10.5 Å². The van der Waals surface area contributed by atoms with Gasteiger partial charge in [-0.1, -0.05) is 13.0 Å². The molecule has 1 aromatic carbocycles. The predicted octanol–water partition coefficient (Wildman–Crippen LogP) is 1.36. The van der Waals surface area contributed by atoms with Crippen molar-refractivity contribution in [1.82, 2.24) is 5.32 Å². The number of carbonyl (C=O) groups is 1. The number of hydrogen-bond donors (Lipinski definition) is 2. The first-order chi connectivity index (χ1) is 8.04. The molecular formula is C12H17FN2O2. The summed E-state index contributed by atoms with van der Waals surface area (Å²) in [6.45, 7) is 4.35. The van der Waals surface area contributed by atoms with Crippen LogP contribution in [0.5, 0.6) is 5.75 Å². The first-order valence-electron chi connectivity index (χ1n) is 5.48. The van der Waals surface area contributed by atoms with E-state index in [1.165, 1.54) is 6.07 Å². The van der Waals surface area contributed by atoms with Gasteiger partial charge in [0.15, 0.2) is 6.61 Å². The number of nitrogens with one attached hydrogen (secondary N) is 1. The SMILES string of the molecule is CCNC(C)c1ccc(OCC(N)=O)cc1F. The summed E-state index contributed by atoms with van der Waals surface area (Å²) < 4.78 is 18.7. The highest BCUT2D eigenvalue weighted by Crippen LogP contribution is 2.21. The zero-order valence-corrected chi connectivity index (χ0v) is 10.00. The van der Waals surface area contributed by atoms with Gasteiger partial charge in [-0.15, -0.1) is 0 Å². The van der Waals surface area contributed by atoms with Gasteiger partial charge in [-0.05, 0) is 19.5 Å². The van der Waals surface area contributed by atoms with Crippen LogP contribution in [0, 0.1) is 5.82 Å². The number of nitrogens with two attached hydrogens (primary N) is 1. The number of carbonyl (C=O) groups excluding carboxylic acids is 1. The van der Waals surface area contributed by atoms with E-state index in [0.29, 0.717) is 11.3 Å². The largest absolute Gasteiger partial charge is 0.484 e. The Labute approximate surface area is 100.0 Å². The van der Waals surface area contributed by atoms with Crippen LogP contribution in [0.15, 0.2) is 18.2 Å². The van der Waals surface area contributed by atoms with Crippen LogP contribution < -0.4 is 15.8 Å². The first kappa shape index (κ1) is 13.4. The van der Waals surface area contributed by atoms with Gasteiger partial charge in [0, 0.05) is 17.7 Å². The fourth-order valence-electron chi connectivity index (χ4n) is 1.52. The molecule has 1 rings (SSSR count). The third-order valence-electron chi connectivity index (χ3n) is 2.33. The van der Waals surface area contributed by atoms with E-state index >= 15 is 0 Å². The van der Waals surface area contributed by atoms with Gasteiger partial charge in [0.25, 0.3) is 5.91 Å². The molecule has 1 aromatic rings. The first-order valence-corrected chi connectivity index (χ1v) is 5.48. The maximum atomic E-state index is 13.7. The highest BCUT2D eigenvalue weighted by molar-refractivity contribution is 5.75. The minimum absolute atomic E-state index is 0.0646. The van der Waals surface area contributed by atoms with E-state index in [1.807, 2.05) is 13.8 Å². The molecular weight excluding hydrogens is 223 g/mol. The molecule has 0 bridgehead atoms. The van der Waals surface area contributed by atoms with Crippen molar-refractivity contribution in [2.75, 3.05) is 13.2 Å². The van der Waals surface area contributed by atoms with Crippen molar-refractivity contribution in [2.24, 2.45) is 5.73 Å². The number of amides is 1. The summed E-state index contributed by atoms with van der Waals surface area (Å²) in [5, 5.41) is 3.12. The van der Waals surface area contributed by atoms with Gasteiger partial charge in [0.2, 0.25) is 0 Å². The monoisotopic (exact) mass is 240 g/mol. The second-order valence-electron chi connectivity index (χ2n) is 3.72. The number of primary amides is 1. The molecule has 1 unspecified atom stereocenters. The van der Waals surface area contributed by atoms with Crippen LogP contribution in [-0.4, -0.2) is 19.1 Å². The minimum Gasteiger partial charge on any atom is -0.484 e. The number of rotatable bonds is 6. The maximum Gasteiger partial charge on any atom is 0.255 e. The third-order valence-corrected chi connectivity index (χ3v) is 2.33. The zero-order valence-electron chi connectivity index (χ0n) is 10.00. The van der Waals surface area contributed by atoms with E-state index in [9.17, 15) is 9.18 Å². The third kappa shape index (κ3) is 4.03. The molecule has 0 saturated heterocycles. The van der Waals surface area contributed by atoms with E-state index < -0.39 is 5.91 Å². The summed E-state index contributed by atoms with van der Waals surface area (Å²) in [4.78, 5) is 10.5. The quantitative estimate of drug-likeness (QED) is 0.789. The zero-order chi connectivity index (χ0) is 12.8. The van der Waals surface area contributed by atoms with Crippen LogP contribution in [0.1, 0.15) is 25.5 Å². The fourth-order valence-corrected chi connectivity index (χ4v) is 1.52. The summed E-state index contributed by atoms with van der Waals surface area (Å²) >= 11 is 0. The molecule has 0 aliphatic rings. The smallest absolute Gasteiger partial charge is 0.255 e. The van der Waals surface area contributed by atoms with E-state index in [-0.39, 0.29) is 18.5 Å². The summed E-state index contributed by atoms with van der Waals surface area (Å²) in [5.74, 6) is -0.648. The summed E-state index contributed by atoms with van der Waals surface area (Å²) in [6, 6.07) is 4.45. The second-order valence-corrected chi connectivity index (χ2v) is 3.72. The molecule has 0 spiro atoms. The Balaban J connectivity index is 2.75. The Kier molecular flexibility index (Phi) is 4.90. The van der Waals surface area contributed by atoms with E-state index in [2.05, 4.69) is 5.32 Å². The van der Waals surface area contributed by atoms with Gasteiger partial charge in [-0.2, -0.15) is 0 Å². The Bertz CT molecular complexity index is 396. The van der Waals surface area contributed by atoms with Crippen molar-refractivity contribution in [3.05, 3.63) is 29.6 Å². The van der Waals surface area contributed by atoms with Crippen molar-refractivity contribution < 1.29 is 13.9 Å². The molecule has 0 aliphatic heterocycles. The summed E-state index contributed by atoms with van der Waals surface area (Å²) in [7, 11) is 0. The molecule has 0 heterocycles. The normalized spacial score (nSPS) is 12.2. The van der Waals surface area contributed by atoms with Crippen molar-refractivity contribution in [1.29, 1.82) is 0 Å². The van der Waals surface area contributed by atoms with Gasteiger partial charge < -0.3 is 15.8 Å². The molecule has 17 heavy (non-hydrogen) atoms. The van der Waals surface area contributed by atoms with Gasteiger partial charge in [-0.25, -0.2) is 4.39 Å². The van der Waals surface area contributed by atoms with Gasteiger partial charge in [0.1, 0.15) is 11.6 Å². The average molecular weight is 240 g/mol. The Hall–Kier alpha value is -1.62. The Morgan fingerprint density at radius 2 is 2.29 bits per heavy atom. The molecule has 1 atom stereocenters. The van der Waals surface area contributed by atoms with E-state index in [0.717, 1.165) is 6.54 Å². The van der Waals surface area contributed by atoms with Crippen LogP contribution in [0.4, 0.5) is 4.39 Å². The predicted molar refractivity (Wildman–Crippen MR) is 63.2 cm³/mol. The molecule has 0 fully saturated rings. The molecule has 1 amide bonds. The minimum atomic E-state index is -0.587. The molecule has 0 saturated carbocycles. The van der Waals surface area contributed by atoms with Crippen LogP contribution in [-0.2, 0) is 4.79 Å². The molecule has 4 nitrogen and oxygen atoms in total. The second kappa shape index (κ2) is 6.20. The van der Waals surface area contributed by atoms with Crippen molar-refractivity contribution in [3.8, 4) is 5.75 Å². The lowest BCUT2D eigenvalue weighted by Crippen LogP contribution is -2.20. The van der Waals surface area contributed by atoms with Gasteiger partial charge >= 0.3 is 0 Å². The molecule has 0 radical (unpaired) electrons. The lowest BCUT2D eigenvalue weighted by Gasteiger charge is -2.14. The van der Waals surface area contributed by atoms with Gasteiger partial charge in [0.05, 0.1) is 0 Å². The number of benzene rings is 1. The van der Waals surface area contributed by atoms with Gasteiger partial charge in [-0.3, -0.25) is 4.79 Å². The number of halogens is 1. The van der Waals surface area contributed by atoms with Crippen molar-refractivity contribution >= 4 is 5.91 Å². The highest BCUT2D eigenvalue weighted by atomic mass is 19.1. The molecule has 0 aromatic heterocycles. The molecule has 5 heteroatoms. The van der Waals surface area contributed by atoms with E-state index in [1.54, 1.807) is 12.1 Å². The number of hydrogen-bond acceptors (Lipinski definition) is 3. The number of ether oxygens (including phenoxy) is 1. The van der Waals surface area contributed by atoms with Crippen LogP contribution in [0.3, 0.4) is 0 Å². The van der Waals surface area contributed by atoms with Crippen LogP contribution >= 0.6 is 0 Å². The van der Waals surface area contributed by atoms with Crippen molar-refractivity contribution in [3.63, 3.8) is 0 Å². The average Bonchev–Trinajstić information content (AvgIpc) is 2.26. The Morgan fingerprint density at radius 1 is 1.59 bits per heavy atom. The lowest BCUT2D eigenvalue weighted by molar-refractivity contribution is -0.119. The Morgan fingerprint density at radius 3 is 2.82 bits per heavy atom. The lowest BCUT2D eigenvalue weighted by atomic mass is 10.1. The van der Waals surface area contributed by atoms with Crippen molar-refractivity contribution in [2.45, 2.75) is 19.9 Å². The van der Waals surface area contributed by atoms with Crippen LogP contribution in [0.25, 0.3) is 0 Å².